The van der Waals surface area contributed by atoms with E-state index >= 15 is 0 Å². The van der Waals surface area contributed by atoms with Gasteiger partial charge >= 0.3 is 0 Å². The Labute approximate surface area is 125 Å². The highest BCUT2D eigenvalue weighted by molar-refractivity contribution is 5.57. The first-order valence-electron chi connectivity index (χ1n) is 7.59. The molecule has 3 rings (SSSR count). The van der Waals surface area contributed by atoms with Crippen molar-refractivity contribution in [1.29, 1.82) is 0 Å². The van der Waals surface area contributed by atoms with Gasteiger partial charge in [-0.1, -0.05) is 6.07 Å². The van der Waals surface area contributed by atoms with E-state index in [1.54, 1.807) is 0 Å². The summed E-state index contributed by atoms with van der Waals surface area (Å²) >= 11 is 0. The van der Waals surface area contributed by atoms with Crippen LogP contribution in [0.5, 0.6) is 0 Å². The van der Waals surface area contributed by atoms with E-state index in [1.165, 1.54) is 0 Å². The van der Waals surface area contributed by atoms with Crippen molar-refractivity contribution in [3.05, 3.63) is 30.2 Å². The molecule has 0 aromatic carbocycles. The van der Waals surface area contributed by atoms with E-state index < -0.39 is 0 Å². The van der Waals surface area contributed by atoms with Crippen molar-refractivity contribution in [2.45, 2.75) is 38.8 Å². The summed E-state index contributed by atoms with van der Waals surface area (Å²) in [6.45, 7) is 5.30. The predicted molar refractivity (Wildman–Crippen MR) is 85.3 cm³/mol. The number of anilines is 1. The number of nitrogens with zero attached hydrogens (tertiary/aromatic N) is 3. The predicted octanol–water partition coefficient (Wildman–Crippen LogP) is 2.34. The molecule has 3 heterocycles. The lowest BCUT2D eigenvalue weighted by molar-refractivity contribution is 0.396. The summed E-state index contributed by atoms with van der Waals surface area (Å²) in [6.07, 6.45) is 4.16. The van der Waals surface area contributed by atoms with Crippen LogP contribution in [0.3, 0.4) is 0 Å². The molecule has 0 unspecified atom stereocenters. The number of aromatic nitrogens is 3. The van der Waals surface area contributed by atoms with Gasteiger partial charge in [0, 0.05) is 19.1 Å². The Hall–Kier alpha value is -1.88. The van der Waals surface area contributed by atoms with Crippen molar-refractivity contribution in [1.82, 2.24) is 19.9 Å². The number of nitrogens with one attached hydrogen (secondary N) is 2. The largest absolute Gasteiger partial charge is 0.367 e. The van der Waals surface area contributed by atoms with E-state index in [9.17, 15) is 0 Å². The average molecular weight is 285 g/mol. The van der Waals surface area contributed by atoms with E-state index in [1.807, 2.05) is 32.3 Å². The third-order valence-corrected chi connectivity index (χ3v) is 4.21. The van der Waals surface area contributed by atoms with Crippen LogP contribution in [0.25, 0.3) is 11.4 Å². The Bertz CT molecular complexity index is 619. The van der Waals surface area contributed by atoms with E-state index in [-0.39, 0.29) is 0 Å². The molecule has 0 saturated carbocycles. The first kappa shape index (κ1) is 14.1. The van der Waals surface area contributed by atoms with E-state index in [0.29, 0.717) is 12.1 Å². The van der Waals surface area contributed by atoms with Gasteiger partial charge in [0.15, 0.2) is 0 Å². The highest BCUT2D eigenvalue weighted by atomic mass is 15.1. The molecule has 2 aromatic rings. The number of rotatable bonds is 3. The van der Waals surface area contributed by atoms with Crippen LogP contribution >= 0.6 is 0 Å². The zero-order valence-electron chi connectivity index (χ0n) is 12.9. The second-order valence-electron chi connectivity index (χ2n) is 5.88. The van der Waals surface area contributed by atoms with Gasteiger partial charge in [0.2, 0.25) is 0 Å². The van der Waals surface area contributed by atoms with Gasteiger partial charge in [-0.3, -0.25) is 0 Å². The molecule has 1 aliphatic heterocycles. The summed E-state index contributed by atoms with van der Waals surface area (Å²) in [5.41, 5.74) is 2.01. The topological polar surface area (TPSA) is 54.8 Å². The van der Waals surface area contributed by atoms with Crippen molar-refractivity contribution in [3.63, 3.8) is 0 Å². The molecule has 0 amide bonds. The minimum Gasteiger partial charge on any atom is -0.367 e. The van der Waals surface area contributed by atoms with Crippen molar-refractivity contribution in [3.8, 4) is 11.4 Å². The fourth-order valence-electron chi connectivity index (χ4n) is 2.87. The molecule has 1 fully saturated rings. The molecule has 0 bridgehead atoms. The molecule has 0 spiro atoms. The molecule has 2 atom stereocenters. The quantitative estimate of drug-likeness (QED) is 0.909. The van der Waals surface area contributed by atoms with Gasteiger partial charge in [0.25, 0.3) is 0 Å². The number of hydrogen-bond acceptors (Lipinski definition) is 4. The van der Waals surface area contributed by atoms with Crippen LogP contribution in [-0.4, -0.2) is 33.2 Å². The average Bonchev–Trinajstić information content (AvgIpc) is 2.79. The van der Waals surface area contributed by atoms with Crippen LogP contribution in [0.2, 0.25) is 0 Å². The lowest BCUT2D eigenvalue weighted by Gasteiger charge is -2.29. The molecule has 5 nitrogen and oxygen atoms in total. The van der Waals surface area contributed by atoms with Crippen LogP contribution in [0, 0.1) is 6.92 Å². The van der Waals surface area contributed by atoms with Crippen LogP contribution in [0.4, 0.5) is 5.82 Å². The monoisotopic (exact) mass is 285 g/mol. The Balaban J connectivity index is 1.78. The zero-order chi connectivity index (χ0) is 14.8. The molecular formula is C16H23N5. The van der Waals surface area contributed by atoms with E-state index in [2.05, 4.69) is 33.2 Å². The number of imidazole rings is 1. The summed E-state index contributed by atoms with van der Waals surface area (Å²) in [4.78, 5) is 9.09. The van der Waals surface area contributed by atoms with Gasteiger partial charge in [0.05, 0.1) is 17.6 Å². The number of pyridine rings is 1. The fourth-order valence-corrected chi connectivity index (χ4v) is 2.87. The lowest BCUT2D eigenvalue weighted by atomic mass is 10.0. The van der Waals surface area contributed by atoms with Crippen molar-refractivity contribution >= 4 is 5.82 Å². The van der Waals surface area contributed by atoms with Gasteiger partial charge in [0.1, 0.15) is 11.6 Å². The molecule has 2 N–H and O–H groups in total. The first-order chi connectivity index (χ1) is 10.1. The minimum absolute atomic E-state index is 0.497. The van der Waals surface area contributed by atoms with Gasteiger partial charge in [-0.15, -0.1) is 0 Å². The smallest absolute Gasteiger partial charge is 0.126 e. The summed E-state index contributed by atoms with van der Waals surface area (Å²) in [5.74, 6) is 1.95. The lowest BCUT2D eigenvalue weighted by Crippen LogP contribution is -2.41. The molecule has 1 saturated heterocycles. The molecule has 21 heavy (non-hydrogen) atoms. The van der Waals surface area contributed by atoms with Crippen molar-refractivity contribution in [2.24, 2.45) is 7.05 Å². The number of hydrogen-bond donors (Lipinski definition) is 2. The van der Waals surface area contributed by atoms with Crippen molar-refractivity contribution in [2.75, 3.05) is 11.9 Å². The Morgan fingerprint density at radius 3 is 2.95 bits per heavy atom. The van der Waals surface area contributed by atoms with Crippen molar-refractivity contribution < 1.29 is 0 Å². The normalized spacial score (nSPS) is 22.2. The first-order valence-corrected chi connectivity index (χ1v) is 7.59. The third kappa shape index (κ3) is 3.08. The van der Waals surface area contributed by atoms with Crippen LogP contribution in [0.15, 0.2) is 24.4 Å². The maximum Gasteiger partial charge on any atom is 0.126 e. The molecule has 1 aliphatic rings. The Morgan fingerprint density at radius 2 is 2.24 bits per heavy atom. The Morgan fingerprint density at radius 1 is 1.38 bits per heavy atom. The SMILES string of the molecule is Cc1ncc(-c2cccc(N[C@H]3CCN[C@@H](C)C3)n2)n1C. The van der Waals surface area contributed by atoms with Crippen LogP contribution < -0.4 is 10.6 Å². The van der Waals surface area contributed by atoms with E-state index in [0.717, 1.165) is 42.4 Å². The van der Waals surface area contributed by atoms with Crippen LogP contribution in [0.1, 0.15) is 25.6 Å². The number of piperidine rings is 1. The maximum atomic E-state index is 4.74. The summed E-state index contributed by atoms with van der Waals surface area (Å²) in [7, 11) is 2.02. The molecule has 0 aliphatic carbocycles. The summed E-state index contributed by atoms with van der Waals surface area (Å²) < 4.78 is 2.07. The summed E-state index contributed by atoms with van der Waals surface area (Å²) in [6, 6.07) is 7.19. The maximum absolute atomic E-state index is 4.74. The zero-order valence-corrected chi connectivity index (χ0v) is 12.9. The van der Waals surface area contributed by atoms with Gasteiger partial charge < -0.3 is 15.2 Å². The third-order valence-electron chi connectivity index (χ3n) is 4.21. The Kier molecular flexibility index (Phi) is 3.92. The minimum atomic E-state index is 0.497. The molecule has 112 valence electrons. The number of aryl methyl sites for hydroxylation is 1. The highest BCUT2D eigenvalue weighted by Gasteiger charge is 2.18. The van der Waals surface area contributed by atoms with Gasteiger partial charge in [-0.05, 0) is 45.4 Å². The highest BCUT2D eigenvalue weighted by Crippen LogP contribution is 2.21. The summed E-state index contributed by atoms with van der Waals surface area (Å²) in [5, 5.41) is 7.04. The second kappa shape index (κ2) is 5.85. The molecule has 5 heteroatoms. The fraction of sp³-hybridized carbons (Fsp3) is 0.500. The van der Waals surface area contributed by atoms with Gasteiger partial charge in [-0.25, -0.2) is 9.97 Å². The van der Waals surface area contributed by atoms with Crippen LogP contribution in [-0.2, 0) is 7.05 Å². The van der Waals surface area contributed by atoms with Gasteiger partial charge in [-0.2, -0.15) is 0 Å². The van der Waals surface area contributed by atoms with E-state index in [4.69, 9.17) is 4.98 Å². The molecule has 0 radical (unpaired) electrons. The second-order valence-corrected chi connectivity index (χ2v) is 5.88. The molecule has 2 aromatic heterocycles. The molecular weight excluding hydrogens is 262 g/mol. The standard InChI is InChI=1S/C16H23N5/c1-11-9-13(7-8-17-11)19-16-6-4-5-14(20-16)15-10-18-12(2)21(15)3/h4-6,10-11,13,17H,7-9H2,1-3H3,(H,19,20)/t11-,13-/m0/s1.